The first-order chi connectivity index (χ1) is 9.33. The zero-order chi connectivity index (χ0) is 14.4. The van der Waals surface area contributed by atoms with Gasteiger partial charge in [-0.25, -0.2) is 16.8 Å². The van der Waals surface area contributed by atoms with Gasteiger partial charge in [-0.05, 0) is 31.2 Å². The Morgan fingerprint density at radius 3 is 2.70 bits per heavy atom. The first-order valence-corrected chi connectivity index (χ1v) is 10.2. The van der Waals surface area contributed by atoms with Crippen molar-refractivity contribution in [1.29, 1.82) is 0 Å². The lowest BCUT2D eigenvalue weighted by Crippen LogP contribution is -2.47. The Bertz CT molecular complexity index is 630. The topological polar surface area (TPSA) is 83.5 Å². The highest BCUT2D eigenvalue weighted by atomic mass is 32.2. The molecule has 0 saturated carbocycles. The van der Waals surface area contributed by atoms with E-state index in [-0.39, 0.29) is 21.8 Å². The van der Waals surface area contributed by atoms with Gasteiger partial charge in [0.15, 0.2) is 9.84 Å². The van der Waals surface area contributed by atoms with Crippen LogP contribution in [0.5, 0.6) is 0 Å². The van der Waals surface area contributed by atoms with Crippen LogP contribution in [-0.2, 0) is 19.9 Å². The predicted molar refractivity (Wildman–Crippen MR) is 76.4 cm³/mol. The van der Waals surface area contributed by atoms with E-state index in [0.717, 1.165) is 32.4 Å². The highest BCUT2D eigenvalue weighted by Crippen LogP contribution is 2.37. The summed E-state index contributed by atoms with van der Waals surface area (Å²) in [5.74, 6) is -0.487. The number of sulfonamides is 1. The number of sulfone groups is 1. The van der Waals surface area contributed by atoms with Crippen LogP contribution in [0.2, 0.25) is 0 Å². The molecular weight excluding hydrogens is 300 g/mol. The van der Waals surface area contributed by atoms with Crippen LogP contribution in [0.25, 0.3) is 0 Å². The highest BCUT2D eigenvalue weighted by Gasteiger charge is 2.43. The molecule has 3 heterocycles. The van der Waals surface area contributed by atoms with E-state index in [1.807, 2.05) is 0 Å². The number of rotatable bonds is 2. The number of hydrogen-bond donors (Lipinski definition) is 1. The molecule has 1 N–H and O–H groups in total. The van der Waals surface area contributed by atoms with Crippen LogP contribution >= 0.6 is 0 Å². The fraction of sp³-hybridized carbons (Fsp3) is 0.833. The first-order valence-electron chi connectivity index (χ1n) is 6.93. The molecule has 0 bridgehead atoms. The van der Waals surface area contributed by atoms with Gasteiger partial charge in [0, 0.05) is 19.6 Å². The zero-order valence-electron chi connectivity index (χ0n) is 11.3. The maximum absolute atomic E-state index is 12.6. The largest absolute Gasteiger partial charge is 0.316 e. The third-order valence-electron chi connectivity index (χ3n) is 4.56. The SMILES string of the molecule is O=S1(=O)CC=C(S(=O)(=O)N2CCC[C@]3(CCNC3)C2)C1. The van der Waals surface area contributed by atoms with E-state index in [0.29, 0.717) is 13.1 Å². The molecule has 0 unspecified atom stereocenters. The molecule has 1 atom stereocenters. The molecule has 2 saturated heterocycles. The second-order valence-corrected chi connectivity index (χ2v) is 10.2. The van der Waals surface area contributed by atoms with Gasteiger partial charge < -0.3 is 5.32 Å². The summed E-state index contributed by atoms with van der Waals surface area (Å²) in [6.07, 6.45) is 4.25. The monoisotopic (exact) mass is 320 g/mol. The third kappa shape index (κ3) is 2.54. The van der Waals surface area contributed by atoms with Gasteiger partial charge in [-0.2, -0.15) is 4.31 Å². The fourth-order valence-corrected chi connectivity index (χ4v) is 7.21. The summed E-state index contributed by atoms with van der Waals surface area (Å²) < 4.78 is 49.6. The van der Waals surface area contributed by atoms with Crippen LogP contribution in [0.1, 0.15) is 19.3 Å². The van der Waals surface area contributed by atoms with E-state index < -0.39 is 19.9 Å². The lowest BCUT2D eigenvalue weighted by atomic mass is 9.80. The van der Waals surface area contributed by atoms with Gasteiger partial charge in [-0.1, -0.05) is 6.08 Å². The van der Waals surface area contributed by atoms with Crippen molar-refractivity contribution < 1.29 is 16.8 Å². The van der Waals surface area contributed by atoms with Crippen molar-refractivity contribution in [2.24, 2.45) is 5.41 Å². The Morgan fingerprint density at radius 2 is 2.10 bits per heavy atom. The maximum Gasteiger partial charge on any atom is 0.239 e. The molecule has 3 aliphatic heterocycles. The highest BCUT2D eigenvalue weighted by molar-refractivity contribution is 7.97. The quantitative estimate of drug-likeness (QED) is 0.755. The second kappa shape index (κ2) is 4.79. The molecule has 0 aliphatic carbocycles. The predicted octanol–water partition coefficient (Wildman–Crippen LogP) is -0.296. The number of hydrogen-bond acceptors (Lipinski definition) is 5. The van der Waals surface area contributed by atoms with Crippen molar-refractivity contribution >= 4 is 19.9 Å². The van der Waals surface area contributed by atoms with E-state index in [4.69, 9.17) is 0 Å². The maximum atomic E-state index is 12.6. The first kappa shape index (κ1) is 14.5. The van der Waals surface area contributed by atoms with Crippen LogP contribution in [0, 0.1) is 5.41 Å². The van der Waals surface area contributed by atoms with Crippen LogP contribution in [0.4, 0.5) is 0 Å². The van der Waals surface area contributed by atoms with Crippen molar-refractivity contribution in [2.75, 3.05) is 37.7 Å². The molecule has 0 aromatic carbocycles. The summed E-state index contributed by atoms with van der Waals surface area (Å²) in [4.78, 5) is 0.0699. The van der Waals surface area contributed by atoms with E-state index in [1.54, 1.807) is 0 Å². The van der Waals surface area contributed by atoms with E-state index in [1.165, 1.54) is 10.4 Å². The van der Waals surface area contributed by atoms with Crippen molar-refractivity contribution in [1.82, 2.24) is 9.62 Å². The van der Waals surface area contributed by atoms with E-state index in [2.05, 4.69) is 5.32 Å². The van der Waals surface area contributed by atoms with Crippen molar-refractivity contribution in [3.05, 3.63) is 11.0 Å². The summed E-state index contributed by atoms with van der Waals surface area (Å²) in [6.45, 7) is 2.81. The molecule has 1 spiro atoms. The average molecular weight is 320 g/mol. The average Bonchev–Trinajstić information content (AvgIpc) is 2.97. The molecule has 0 radical (unpaired) electrons. The normalized spacial score (nSPS) is 34.5. The third-order valence-corrected chi connectivity index (χ3v) is 8.13. The lowest BCUT2D eigenvalue weighted by molar-refractivity contribution is 0.167. The molecule has 0 amide bonds. The van der Waals surface area contributed by atoms with Gasteiger partial charge in [-0.3, -0.25) is 0 Å². The second-order valence-electron chi connectivity index (χ2n) is 6.09. The van der Waals surface area contributed by atoms with Gasteiger partial charge in [0.2, 0.25) is 10.0 Å². The van der Waals surface area contributed by atoms with Gasteiger partial charge in [-0.15, -0.1) is 0 Å². The lowest BCUT2D eigenvalue weighted by Gasteiger charge is -2.39. The Kier molecular flexibility index (Phi) is 3.47. The summed E-state index contributed by atoms with van der Waals surface area (Å²) in [5, 5.41) is 3.31. The smallest absolute Gasteiger partial charge is 0.239 e. The Morgan fingerprint density at radius 1 is 1.30 bits per heavy atom. The molecule has 8 heteroatoms. The van der Waals surface area contributed by atoms with Gasteiger partial charge >= 0.3 is 0 Å². The van der Waals surface area contributed by atoms with Gasteiger partial charge in [0.1, 0.15) is 0 Å². The van der Waals surface area contributed by atoms with Crippen LogP contribution < -0.4 is 5.32 Å². The van der Waals surface area contributed by atoms with Crippen molar-refractivity contribution in [2.45, 2.75) is 19.3 Å². The Balaban J connectivity index is 1.81. The number of nitrogens with one attached hydrogen (secondary N) is 1. The molecule has 3 aliphatic rings. The summed E-state index contributed by atoms with van der Waals surface area (Å²) in [5.41, 5.74) is 0.0450. The number of piperidine rings is 1. The minimum absolute atomic E-state index is 0.0450. The van der Waals surface area contributed by atoms with Crippen molar-refractivity contribution in [3.63, 3.8) is 0 Å². The molecule has 2 fully saturated rings. The molecule has 20 heavy (non-hydrogen) atoms. The van der Waals surface area contributed by atoms with E-state index >= 15 is 0 Å². The Labute approximate surface area is 120 Å². The molecular formula is C12H20N2O4S2. The molecule has 0 aromatic heterocycles. The molecule has 3 rings (SSSR count). The summed E-state index contributed by atoms with van der Waals surface area (Å²) in [7, 11) is -6.86. The summed E-state index contributed by atoms with van der Waals surface area (Å²) in [6, 6.07) is 0. The fourth-order valence-electron chi connectivity index (χ4n) is 3.41. The molecule has 6 nitrogen and oxygen atoms in total. The summed E-state index contributed by atoms with van der Waals surface area (Å²) >= 11 is 0. The molecule has 0 aromatic rings. The van der Waals surface area contributed by atoms with Gasteiger partial charge in [0.25, 0.3) is 0 Å². The Hall–Kier alpha value is -0.440. The van der Waals surface area contributed by atoms with Crippen LogP contribution in [0.15, 0.2) is 11.0 Å². The van der Waals surface area contributed by atoms with Crippen LogP contribution in [-0.4, -0.2) is 58.8 Å². The zero-order valence-corrected chi connectivity index (χ0v) is 13.0. The van der Waals surface area contributed by atoms with Crippen molar-refractivity contribution in [3.8, 4) is 0 Å². The van der Waals surface area contributed by atoms with Crippen LogP contribution in [0.3, 0.4) is 0 Å². The molecule has 114 valence electrons. The minimum atomic E-state index is -3.61. The number of nitrogens with zero attached hydrogens (tertiary/aromatic N) is 1. The van der Waals surface area contributed by atoms with E-state index in [9.17, 15) is 16.8 Å². The minimum Gasteiger partial charge on any atom is -0.316 e. The van der Waals surface area contributed by atoms with Gasteiger partial charge in [0.05, 0.1) is 16.4 Å². The standard InChI is InChI=1S/C12H20N2O4S2/c15-19(16)7-2-11(8-19)20(17,18)14-6-1-3-12(10-14)4-5-13-9-12/h2,13H,1,3-10H2/t12-/m1/s1.